The number of primary amides is 1. The minimum absolute atomic E-state index is 0.0114. The van der Waals surface area contributed by atoms with Gasteiger partial charge in [0.25, 0.3) is 0 Å². The van der Waals surface area contributed by atoms with Crippen LogP contribution in [0.2, 0.25) is 0 Å². The van der Waals surface area contributed by atoms with Gasteiger partial charge in [0.2, 0.25) is 5.91 Å². The molecule has 1 aromatic carbocycles. The second kappa shape index (κ2) is 7.89. The van der Waals surface area contributed by atoms with Crippen LogP contribution in [0.3, 0.4) is 0 Å². The Morgan fingerprint density at radius 2 is 2.29 bits per heavy atom. The quantitative estimate of drug-likeness (QED) is 0.540. The Kier molecular flexibility index (Phi) is 6.50. The van der Waals surface area contributed by atoms with Crippen molar-refractivity contribution in [2.75, 3.05) is 13.2 Å². The van der Waals surface area contributed by atoms with E-state index in [0.717, 1.165) is 12.1 Å². The van der Waals surface area contributed by atoms with Crippen LogP contribution in [-0.2, 0) is 4.79 Å². The molecule has 0 aliphatic carbocycles. The molecular formula is C12H15BrFN3O4. The van der Waals surface area contributed by atoms with Crippen LogP contribution in [0.5, 0.6) is 5.75 Å². The Bertz CT molecular complexity index is 541. The maximum Gasteiger partial charge on any atom is 0.312 e. The Balaban J connectivity index is 2.77. The summed E-state index contributed by atoms with van der Waals surface area (Å²) in [5, 5.41) is 13.7. The number of halogens is 2. The van der Waals surface area contributed by atoms with E-state index < -0.39 is 22.7 Å². The van der Waals surface area contributed by atoms with Crippen molar-refractivity contribution in [3.05, 3.63) is 32.5 Å². The number of carbonyl (C=O) groups is 1. The van der Waals surface area contributed by atoms with Gasteiger partial charge in [-0.1, -0.05) is 6.92 Å². The number of likely N-dealkylation sites (N-methyl/N-ethyl adjacent to an activating group) is 1. The van der Waals surface area contributed by atoms with Gasteiger partial charge in [0.05, 0.1) is 22.0 Å². The largest absolute Gasteiger partial charge is 0.487 e. The van der Waals surface area contributed by atoms with Gasteiger partial charge in [-0.2, -0.15) is 0 Å². The number of carbonyl (C=O) groups excluding carboxylic acids is 1. The lowest BCUT2D eigenvalue weighted by Crippen LogP contribution is -2.42. The highest BCUT2D eigenvalue weighted by atomic mass is 79.9. The van der Waals surface area contributed by atoms with Gasteiger partial charge in [-0.15, -0.1) is 0 Å². The number of nitrogens with zero attached hydrogens (tertiary/aromatic N) is 1. The molecule has 21 heavy (non-hydrogen) atoms. The minimum atomic E-state index is -0.672. The van der Waals surface area contributed by atoms with E-state index in [2.05, 4.69) is 21.2 Å². The molecule has 1 rings (SSSR count). The molecule has 1 unspecified atom stereocenters. The van der Waals surface area contributed by atoms with Gasteiger partial charge in [-0.25, -0.2) is 4.39 Å². The summed E-state index contributed by atoms with van der Waals surface area (Å²) in [6.45, 7) is 2.34. The van der Waals surface area contributed by atoms with Crippen LogP contribution in [0.4, 0.5) is 10.1 Å². The number of nitrogens with one attached hydrogen (secondary N) is 1. The van der Waals surface area contributed by atoms with E-state index in [-0.39, 0.29) is 28.9 Å². The lowest BCUT2D eigenvalue weighted by atomic mass is 10.2. The lowest BCUT2D eigenvalue weighted by Gasteiger charge is -2.14. The van der Waals surface area contributed by atoms with Crippen LogP contribution in [0.15, 0.2) is 16.6 Å². The fourth-order valence-corrected chi connectivity index (χ4v) is 1.99. The van der Waals surface area contributed by atoms with Crippen molar-refractivity contribution in [1.82, 2.24) is 5.32 Å². The van der Waals surface area contributed by atoms with Crippen molar-refractivity contribution in [3.8, 4) is 5.75 Å². The van der Waals surface area contributed by atoms with Crippen molar-refractivity contribution in [1.29, 1.82) is 0 Å². The van der Waals surface area contributed by atoms with Gasteiger partial charge in [0.15, 0.2) is 5.75 Å². The van der Waals surface area contributed by atoms with Crippen LogP contribution in [0.1, 0.15) is 13.3 Å². The van der Waals surface area contributed by atoms with Gasteiger partial charge < -0.3 is 15.8 Å². The average molecular weight is 364 g/mol. The first-order chi connectivity index (χ1) is 9.86. The van der Waals surface area contributed by atoms with Crippen LogP contribution < -0.4 is 15.8 Å². The molecular weight excluding hydrogens is 349 g/mol. The molecule has 3 N–H and O–H groups in total. The molecule has 0 heterocycles. The van der Waals surface area contributed by atoms with E-state index in [1.54, 1.807) is 0 Å². The van der Waals surface area contributed by atoms with Gasteiger partial charge >= 0.3 is 5.69 Å². The topological polar surface area (TPSA) is 107 Å². The molecule has 0 fully saturated rings. The molecule has 0 saturated heterocycles. The van der Waals surface area contributed by atoms with E-state index in [1.807, 2.05) is 6.92 Å². The van der Waals surface area contributed by atoms with Gasteiger partial charge in [0, 0.05) is 18.6 Å². The summed E-state index contributed by atoms with van der Waals surface area (Å²) in [6, 6.07) is 1.35. The molecule has 1 amide bonds. The highest BCUT2D eigenvalue weighted by Gasteiger charge is 2.20. The zero-order chi connectivity index (χ0) is 16.0. The monoisotopic (exact) mass is 363 g/mol. The third kappa shape index (κ3) is 4.94. The number of nitrogens with two attached hydrogens (primary N) is 1. The van der Waals surface area contributed by atoms with Crippen molar-refractivity contribution >= 4 is 27.5 Å². The maximum absolute atomic E-state index is 13.4. The van der Waals surface area contributed by atoms with Crippen LogP contribution in [0, 0.1) is 15.9 Å². The number of rotatable bonds is 8. The molecule has 0 spiro atoms. The zero-order valence-corrected chi connectivity index (χ0v) is 12.9. The zero-order valence-electron chi connectivity index (χ0n) is 11.3. The first kappa shape index (κ1) is 17.3. The highest BCUT2D eigenvalue weighted by Crippen LogP contribution is 2.32. The molecule has 0 aliphatic rings. The van der Waals surface area contributed by atoms with Crippen molar-refractivity contribution in [3.63, 3.8) is 0 Å². The summed E-state index contributed by atoms with van der Waals surface area (Å²) in [5.41, 5.74) is 4.83. The summed E-state index contributed by atoms with van der Waals surface area (Å²) < 4.78 is 18.6. The summed E-state index contributed by atoms with van der Waals surface area (Å²) in [4.78, 5) is 21.4. The molecule has 0 saturated carbocycles. The molecule has 0 aromatic heterocycles. The SMILES string of the molecule is CCNC(CCOc1cc(F)c(Br)cc1[N+](=O)[O-])C(N)=O. The van der Waals surface area contributed by atoms with Crippen LogP contribution in [-0.4, -0.2) is 30.0 Å². The summed E-state index contributed by atoms with van der Waals surface area (Å²) in [6.07, 6.45) is 0.220. The maximum atomic E-state index is 13.4. The van der Waals surface area contributed by atoms with E-state index >= 15 is 0 Å². The summed E-state index contributed by atoms with van der Waals surface area (Å²) in [5.74, 6) is -1.41. The average Bonchev–Trinajstić information content (AvgIpc) is 2.40. The predicted molar refractivity (Wildman–Crippen MR) is 77.5 cm³/mol. The number of ether oxygens (including phenoxy) is 1. The van der Waals surface area contributed by atoms with Gasteiger partial charge in [0.1, 0.15) is 5.82 Å². The fraction of sp³-hybridized carbons (Fsp3) is 0.417. The van der Waals surface area contributed by atoms with Gasteiger partial charge in [-0.3, -0.25) is 14.9 Å². The standard InChI is InChI=1S/C12H15BrFN3O4/c1-2-16-9(12(15)18)3-4-21-11-6-8(14)7(13)5-10(11)17(19)20/h5-6,9,16H,2-4H2,1H3,(H2,15,18). The molecule has 9 heteroatoms. The minimum Gasteiger partial charge on any atom is -0.487 e. The summed E-state index contributed by atoms with van der Waals surface area (Å²) >= 11 is 2.87. The molecule has 116 valence electrons. The number of amides is 1. The van der Waals surface area contributed by atoms with Gasteiger partial charge in [-0.05, 0) is 22.5 Å². The van der Waals surface area contributed by atoms with Crippen molar-refractivity contribution in [2.45, 2.75) is 19.4 Å². The normalized spacial score (nSPS) is 12.0. The van der Waals surface area contributed by atoms with Crippen molar-refractivity contribution in [2.24, 2.45) is 5.73 Å². The predicted octanol–water partition coefficient (Wildman–Crippen LogP) is 1.73. The third-order valence-corrected chi connectivity index (χ3v) is 3.26. The number of benzene rings is 1. The van der Waals surface area contributed by atoms with E-state index in [9.17, 15) is 19.3 Å². The number of hydrogen-bond acceptors (Lipinski definition) is 5. The lowest BCUT2D eigenvalue weighted by molar-refractivity contribution is -0.386. The van der Waals surface area contributed by atoms with Crippen LogP contribution >= 0.6 is 15.9 Å². The summed E-state index contributed by atoms with van der Waals surface area (Å²) in [7, 11) is 0. The fourth-order valence-electron chi connectivity index (χ4n) is 1.65. The Morgan fingerprint density at radius 1 is 1.62 bits per heavy atom. The molecule has 1 aromatic rings. The number of hydrogen-bond donors (Lipinski definition) is 2. The van der Waals surface area contributed by atoms with E-state index in [4.69, 9.17) is 10.5 Å². The smallest absolute Gasteiger partial charge is 0.312 e. The first-order valence-electron chi connectivity index (χ1n) is 6.15. The molecule has 7 nitrogen and oxygen atoms in total. The second-order valence-electron chi connectivity index (χ2n) is 4.14. The first-order valence-corrected chi connectivity index (χ1v) is 6.95. The number of nitro groups is 1. The Morgan fingerprint density at radius 3 is 2.81 bits per heavy atom. The molecule has 0 aliphatic heterocycles. The second-order valence-corrected chi connectivity index (χ2v) is 5.00. The Hall–Kier alpha value is -1.74. The highest BCUT2D eigenvalue weighted by molar-refractivity contribution is 9.10. The third-order valence-electron chi connectivity index (χ3n) is 2.66. The number of nitro benzene ring substituents is 1. The molecule has 0 radical (unpaired) electrons. The Labute approximate surface area is 128 Å². The van der Waals surface area contributed by atoms with E-state index in [0.29, 0.717) is 6.54 Å². The van der Waals surface area contributed by atoms with Crippen molar-refractivity contribution < 1.29 is 18.8 Å². The molecule has 1 atom stereocenters. The van der Waals surface area contributed by atoms with Crippen LogP contribution in [0.25, 0.3) is 0 Å². The molecule has 0 bridgehead atoms. The van der Waals surface area contributed by atoms with E-state index in [1.165, 1.54) is 0 Å².